The van der Waals surface area contributed by atoms with Crippen molar-refractivity contribution in [2.45, 2.75) is 5.41 Å². The molecular weight excluding hydrogens is 753 g/mol. The lowest BCUT2D eigenvalue weighted by Crippen LogP contribution is -2.28. The van der Waals surface area contributed by atoms with Gasteiger partial charge in [-0.05, 0) is 80.9 Å². The van der Waals surface area contributed by atoms with Crippen LogP contribution in [0.3, 0.4) is 0 Å². The first-order chi connectivity index (χ1) is 30.7. The van der Waals surface area contributed by atoms with Crippen LogP contribution in [0.2, 0.25) is 0 Å². The second-order valence-corrected chi connectivity index (χ2v) is 16.0. The molecule has 0 saturated carbocycles. The highest BCUT2D eigenvalue weighted by atomic mass is 15.0. The number of hydrogen-bond acceptors (Lipinski definition) is 3. The molecule has 11 aromatic rings. The Labute approximate surface area is 360 Å². The van der Waals surface area contributed by atoms with Gasteiger partial charge in [0.25, 0.3) is 0 Å². The van der Waals surface area contributed by atoms with Crippen LogP contribution < -0.4 is 0 Å². The van der Waals surface area contributed by atoms with E-state index in [4.69, 9.17) is 15.0 Å². The molecule has 62 heavy (non-hydrogen) atoms. The van der Waals surface area contributed by atoms with Crippen LogP contribution in [0.15, 0.2) is 231 Å². The minimum Gasteiger partial charge on any atom is -0.309 e. The van der Waals surface area contributed by atoms with Gasteiger partial charge in [-0.25, -0.2) is 15.0 Å². The van der Waals surface area contributed by atoms with Gasteiger partial charge in [-0.2, -0.15) is 0 Å². The fourth-order valence-corrected chi connectivity index (χ4v) is 9.76. The first-order valence-corrected chi connectivity index (χ1v) is 21.1. The molecular formula is C58H38N4. The van der Waals surface area contributed by atoms with Crippen molar-refractivity contribution in [1.29, 1.82) is 0 Å². The first kappa shape index (κ1) is 35.7. The third kappa shape index (κ3) is 5.65. The lowest BCUT2D eigenvalue weighted by atomic mass is 9.67. The fraction of sp³-hybridized carbons (Fsp3) is 0.0172. The van der Waals surface area contributed by atoms with Gasteiger partial charge in [-0.1, -0.05) is 194 Å². The summed E-state index contributed by atoms with van der Waals surface area (Å²) < 4.78 is 2.43. The van der Waals surface area contributed by atoms with E-state index in [1.165, 1.54) is 55.3 Å². The van der Waals surface area contributed by atoms with Gasteiger partial charge < -0.3 is 4.57 Å². The Kier molecular flexibility index (Phi) is 8.36. The molecule has 0 aliphatic heterocycles. The summed E-state index contributed by atoms with van der Waals surface area (Å²) in [5, 5.41) is 2.40. The maximum Gasteiger partial charge on any atom is 0.164 e. The molecule has 290 valence electrons. The molecule has 9 aromatic carbocycles. The van der Waals surface area contributed by atoms with Crippen molar-refractivity contribution in [3.05, 3.63) is 253 Å². The smallest absolute Gasteiger partial charge is 0.164 e. The van der Waals surface area contributed by atoms with Crippen LogP contribution in [0.1, 0.15) is 22.3 Å². The van der Waals surface area contributed by atoms with Crippen LogP contribution in [0.25, 0.3) is 83.9 Å². The van der Waals surface area contributed by atoms with Crippen molar-refractivity contribution in [2.75, 3.05) is 0 Å². The maximum absolute atomic E-state index is 5.12. The van der Waals surface area contributed by atoms with Crippen molar-refractivity contribution in [2.24, 2.45) is 0 Å². The van der Waals surface area contributed by atoms with Crippen molar-refractivity contribution >= 4 is 21.8 Å². The highest BCUT2D eigenvalue weighted by Gasteiger charge is 2.46. The van der Waals surface area contributed by atoms with Crippen molar-refractivity contribution in [3.63, 3.8) is 0 Å². The molecule has 4 nitrogen and oxygen atoms in total. The molecule has 0 bridgehead atoms. The van der Waals surface area contributed by atoms with E-state index in [0.29, 0.717) is 17.5 Å². The van der Waals surface area contributed by atoms with Crippen LogP contribution >= 0.6 is 0 Å². The lowest BCUT2D eigenvalue weighted by Gasteiger charge is -2.34. The molecule has 0 fully saturated rings. The number of benzene rings is 9. The van der Waals surface area contributed by atoms with Crippen LogP contribution in [-0.2, 0) is 5.41 Å². The van der Waals surface area contributed by atoms with Crippen molar-refractivity contribution < 1.29 is 0 Å². The Hall–Kier alpha value is -8.21. The number of aromatic nitrogens is 4. The number of hydrogen-bond donors (Lipinski definition) is 0. The zero-order valence-electron chi connectivity index (χ0n) is 33.7. The van der Waals surface area contributed by atoms with E-state index >= 15 is 0 Å². The Morgan fingerprint density at radius 1 is 0.306 bits per heavy atom. The van der Waals surface area contributed by atoms with Gasteiger partial charge in [0.15, 0.2) is 17.5 Å². The highest BCUT2D eigenvalue weighted by Crippen LogP contribution is 2.57. The second kappa shape index (κ2) is 14.5. The quantitative estimate of drug-likeness (QED) is 0.161. The molecule has 4 heteroatoms. The van der Waals surface area contributed by atoms with Gasteiger partial charge in [-0.3, -0.25) is 0 Å². The molecule has 1 aliphatic carbocycles. The van der Waals surface area contributed by atoms with E-state index in [-0.39, 0.29) is 0 Å². The van der Waals surface area contributed by atoms with E-state index in [0.717, 1.165) is 33.4 Å². The van der Waals surface area contributed by atoms with E-state index in [1.54, 1.807) is 0 Å². The largest absolute Gasteiger partial charge is 0.309 e. The summed E-state index contributed by atoms with van der Waals surface area (Å²) in [6, 6.07) is 82.5. The van der Waals surface area contributed by atoms with E-state index in [2.05, 4.69) is 174 Å². The second-order valence-electron chi connectivity index (χ2n) is 16.0. The highest BCUT2D eigenvalue weighted by molar-refractivity contribution is 6.13. The molecule has 0 unspecified atom stereocenters. The van der Waals surface area contributed by atoms with Gasteiger partial charge >= 0.3 is 0 Å². The van der Waals surface area contributed by atoms with Gasteiger partial charge in [0.2, 0.25) is 0 Å². The summed E-state index contributed by atoms with van der Waals surface area (Å²) in [6.45, 7) is 0. The van der Waals surface area contributed by atoms with Gasteiger partial charge in [-0.15, -0.1) is 0 Å². The molecule has 12 rings (SSSR count). The van der Waals surface area contributed by atoms with Crippen LogP contribution in [0, 0.1) is 0 Å². The Balaban J connectivity index is 1.14. The van der Waals surface area contributed by atoms with Gasteiger partial charge in [0.05, 0.1) is 16.4 Å². The number of nitrogens with zero attached hydrogens (tertiary/aromatic N) is 4. The summed E-state index contributed by atoms with van der Waals surface area (Å²) in [7, 11) is 0. The molecule has 0 radical (unpaired) electrons. The summed E-state index contributed by atoms with van der Waals surface area (Å²) in [5.74, 6) is 1.90. The van der Waals surface area contributed by atoms with Gasteiger partial charge in [0, 0.05) is 33.2 Å². The lowest BCUT2D eigenvalue weighted by molar-refractivity contribution is 0.769. The summed E-state index contributed by atoms with van der Waals surface area (Å²) in [4.78, 5) is 15.2. The molecule has 0 saturated heterocycles. The molecule has 0 atom stereocenters. The number of fused-ring (bicyclic) bond motifs is 6. The minimum atomic E-state index is -0.534. The molecule has 0 amide bonds. The molecule has 0 N–H and O–H groups in total. The average molecular weight is 791 g/mol. The number of rotatable bonds is 7. The topological polar surface area (TPSA) is 43.6 Å². The third-order valence-corrected chi connectivity index (χ3v) is 12.5. The predicted molar refractivity (Wildman–Crippen MR) is 253 cm³/mol. The summed E-state index contributed by atoms with van der Waals surface area (Å²) in [5.41, 5.74) is 15.5. The molecule has 2 aromatic heterocycles. The third-order valence-electron chi connectivity index (χ3n) is 12.5. The first-order valence-electron chi connectivity index (χ1n) is 21.1. The Morgan fingerprint density at radius 2 is 0.806 bits per heavy atom. The van der Waals surface area contributed by atoms with Gasteiger partial charge in [0.1, 0.15) is 0 Å². The molecule has 0 spiro atoms. The molecule has 2 heterocycles. The Morgan fingerprint density at radius 3 is 1.42 bits per heavy atom. The van der Waals surface area contributed by atoms with Crippen LogP contribution in [0.4, 0.5) is 0 Å². The maximum atomic E-state index is 5.12. The van der Waals surface area contributed by atoms with E-state index < -0.39 is 5.41 Å². The van der Waals surface area contributed by atoms with E-state index in [1.807, 2.05) is 60.7 Å². The van der Waals surface area contributed by atoms with Crippen LogP contribution in [0.5, 0.6) is 0 Å². The van der Waals surface area contributed by atoms with E-state index in [9.17, 15) is 0 Å². The molecule has 1 aliphatic rings. The minimum absolute atomic E-state index is 0.534. The van der Waals surface area contributed by atoms with Crippen molar-refractivity contribution in [3.8, 4) is 62.1 Å². The zero-order valence-corrected chi connectivity index (χ0v) is 33.7. The zero-order chi connectivity index (χ0) is 41.0. The SMILES string of the molecule is c1ccc(-c2ccc3c(c2)c2cc4c(cc2n3-c2cccc(-c3nc(-c5ccccc5)nc(-c5ccccc5)n3)c2)C(c2ccccc2)(c2ccccc2)c2ccccc2-4)cc1. The standard InChI is InChI=1S/C58H38N4/c1-6-19-39(20-7-1)42-33-34-53-49(36-42)50-37-48-47-31-16-17-32-51(47)58(44-26-12-4-13-27-44,45-28-14-5-15-29-45)52(48)38-54(50)62(53)46-30-18-25-43(35-46)57-60-55(40-21-8-2-9-22-40)59-56(61-57)41-23-10-3-11-24-41/h1-38H. The summed E-state index contributed by atoms with van der Waals surface area (Å²) in [6.07, 6.45) is 0. The van der Waals surface area contributed by atoms with Crippen LogP contribution in [-0.4, -0.2) is 19.5 Å². The average Bonchev–Trinajstić information content (AvgIpc) is 3.84. The monoisotopic (exact) mass is 790 g/mol. The predicted octanol–water partition coefficient (Wildman–Crippen LogP) is 14.0. The normalized spacial score (nSPS) is 12.6. The Bertz CT molecular complexity index is 3340. The summed E-state index contributed by atoms with van der Waals surface area (Å²) >= 11 is 0. The fourth-order valence-electron chi connectivity index (χ4n) is 9.76. The van der Waals surface area contributed by atoms with Crippen molar-refractivity contribution in [1.82, 2.24) is 19.5 Å².